The number of halogens is 1. The summed E-state index contributed by atoms with van der Waals surface area (Å²) >= 11 is 0. The lowest BCUT2D eigenvalue weighted by Crippen LogP contribution is -2.65. The lowest BCUT2D eigenvalue weighted by Gasteiger charge is -2.50. The summed E-state index contributed by atoms with van der Waals surface area (Å²) in [6.07, 6.45) is 1.71. The molecule has 2 fully saturated rings. The van der Waals surface area contributed by atoms with Gasteiger partial charge in [0.05, 0.1) is 17.7 Å². The van der Waals surface area contributed by atoms with Crippen molar-refractivity contribution in [3.8, 4) is 5.75 Å². The summed E-state index contributed by atoms with van der Waals surface area (Å²) in [6.45, 7) is 1.73. The summed E-state index contributed by atoms with van der Waals surface area (Å²) in [5.41, 5.74) is 1.93. The maximum Gasteiger partial charge on any atom is 0.255 e. The molecule has 0 aromatic heterocycles. The molecule has 1 aromatic carbocycles. The number of carbonyl (C=O) groups excluding carboxylic acids is 3. The average Bonchev–Trinajstić information content (AvgIpc) is 3.55. The Balaban J connectivity index is 1.46. The molecule has 6 N–H and O–H groups in total. The third-order valence-electron chi connectivity index (χ3n) is 9.28. The first-order valence-electron chi connectivity index (χ1n) is 13.4. The highest BCUT2D eigenvalue weighted by atomic mass is 19.1. The SMILES string of the molecule is CN(C)[C@@H]1C(=O)C(C(N)=O)=C(O)[C@@]2(O)C(=O)C3=C(O)c4c(O)c5c(c(F)c4C[C@H]3C[C@@H]12)CN(C[C@H]1CCCO1)C5. The van der Waals surface area contributed by atoms with E-state index in [1.807, 2.05) is 4.90 Å². The molecule has 0 spiro atoms. The first kappa shape index (κ1) is 26.9. The van der Waals surface area contributed by atoms with E-state index >= 15 is 4.39 Å². The van der Waals surface area contributed by atoms with Gasteiger partial charge in [0.15, 0.2) is 11.4 Å². The van der Waals surface area contributed by atoms with E-state index in [9.17, 15) is 34.8 Å². The Kier molecular flexibility index (Phi) is 6.11. The molecule has 1 aromatic rings. The topological polar surface area (TPSA) is 174 Å². The van der Waals surface area contributed by atoms with Gasteiger partial charge in [0.2, 0.25) is 5.78 Å². The Morgan fingerprint density at radius 1 is 1.18 bits per heavy atom. The number of nitrogens with two attached hydrogens (primary N) is 1. The second-order valence-electron chi connectivity index (χ2n) is 11.7. The van der Waals surface area contributed by atoms with E-state index in [1.165, 1.54) is 19.0 Å². The molecule has 3 aliphatic carbocycles. The summed E-state index contributed by atoms with van der Waals surface area (Å²) in [5, 5.41) is 45.2. The molecule has 11 nitrogen and oxygen atoms in total. The zero-order valence-electron chi connectivity index (χ0n) is 22.2. The second kappa shape index (κ2) is 9.10. The van der Waals surface area contributed by atoms with Crippen molar-refractivity contribution in [1.82, 2.24) is 9.80 Å². The van der Waals surface area contributed by atoms with Gasteiger partial charge in [-0.3, -0.25) is 24.2 Å². The number of benzene rings is 1. The van der Waals surface area contributed by atoms with Gasteiger partial charge < -0.3 is 30.9 Å². The van der Waals surface area contributed by atoms with Crippen molar-refractivity contribution in [2.24, 2.45) is 17.6 Å². The summed E-state index contributed by atoms with van der Waals surface area (Å²) < 4.78 is 21.7. The van der Waals surface area contributed by atoms with Crippen LogP contribution in [0.3, 0.4) is 0 Å². The van der Waals surface area contributed by atoms with Crippen LogP contribution >= 0.6 is 0 Å². The van der Waals surface area contributed by atoms with Crippen molar-refractivity contribution < 1.29 is 43.9 Å². The van der Waals surface area contributed by atoms with Gasteiger partial charge in [0.25, 0.3) is 5.91 Å². The molecule has 40 heavy (non-hydrogen) atoms. The van der Waals surface area contributed by atoms with Gasteiger partial charge in [-0.25, -0.2) is 4.39 Å². The number of carbonyl (C=O) groups is 3. The minimum atomic E-state index is -2.73. The summed E-state index contributed by atoms with van der Waals surface area (Å²) in [5.74, 6) is -8.03. The van der Waals surface area contributed by atoms with Gasteiger partial charge in [0.1, 0.15) is 28.7 Å². The van der Waals surface area contributed by atoms with Crippen LogP contribution in [0.15, 0.2) is 16.9 Å². The van der Waals surface area contributed by atoms with Gasteiger partial charge in [-0.15, -0.1) is 0 Å². The number of hydrogen-bond acceptors (Lipinski definition) is 10. The van der Waals surface area contributed by atoms with Crippen LogP contribution in [0, 0.1) is 17.7 Å². The number of nitrogens with zero attached hydrogens (tertiary/aromatic N) is 2. The standard InChI is InChI=1S/C28H32FN3O8/c1-31(2)21-16-7-11-6-13-18(22(33)15-10-32(9-14(15)20(13)29)8-12-4-3-5-40-12)23(34)17(11)25(36)28(16,39)26(37)19(24(21)35)27(30)38/h11-12,16,21,33-34,37,39H,3-10H2,1-2H3,(H2,30,38)/t11-,12+,16-,21-,28-/m0/s1. The van der Waals surface area contributed by atoms with Crippen LogP contribution in [0.5, 0.6) is 5.75 Å². The second-order valence-corrected chi connectivity index (χ2v) is 11.7. The highest BCUT2D eigenvalue weighted by Gasteiger charge is 2.64. The predicted octanol–water partition coefficient (Wildman–Crippen LogP) is 0.598. The Bertz CT molecular complexity index is 1430. The number of ether oxygens (including phenoxy) is 1. The fourth-order valence-corrected chi connectivity index (χ4v) is 7.48. The Labute approximate surface area is 229 Å². The molecule has 5 atom stereocenters. The van der Waals surface area contributed by atoms with E-state index < -0.39 is 63.9 Å². The van der Waals surface area contributed by atoms with Gasteiger partial charge in [-0.2, -0.15) is 0 Å². The molecule has 214 valence electrons. The molecule has 1 saturated heterocycles. The van der Waals surface area contributed by atoms with Crippen LogP contribution in [0.4, 0.5) is 4.39 Å². The quantitative estimate of drug-likeness (QED) is 0.330. The fraction of sp³-hybridized carbons (Fsp3) is 0.536. The number of likely N-dealkylation sites (N-methyl/N-ethyl adjacent to an activating group) is 1. The van der Waals surface area contributed by atoms with Crippen LogP contribution < -0.4 is 5.73 Å². The molecule has 1 saturated carbocycles. The number of aliphatic hydroxyl groups is 3. The molecule has 5 aliphatic rings. The lowest BCUT2D eigenvalue weighted by molar-refractivity contribution is -0.153. The number of phenols is 1. The number of fused-ring (bicyclic) bond motifs is 4. The number of Topliss-reactive ketones (excluding diaryl/α,β-unsaturated/α-hetero) is 2. The van der Waals surface area contributed by atoms with Gasteiger partial charge >= 0.3 is 0 Å². The number of rotatable bonds is 4. The third kappa shape index (κ3) is 3.52. The van der Waals surface area contributed by atoms with Crippen LogP contribution in [0.1, 0.15) is 41.5 Å². The van der Waals surface area contributed by atoms with Crippen LogP contribution in [-0.4, -0.2) is 92.7 Å². The van der Waals surface area contributed by atoms with E-state index in [-0.39, 0.29) is 54.5 Å². The molecule has 0 bridgehead atoms. The zero-order valence-corrected chi connectivity index (χ0v) is 22.2. The molecule has 0 unspecified atom stereocenters. The van der Waals surface area contributed by atoms with Gasteiger partial charge in [0, 0.05) is 54.4 Å². The van der Waals surface area contributed by atoms with E-state index in [2.05, 4.69) is 0 Å². The lowest BCUT2D eigenvalue weighted by atomic mass is 9.57. The molecular weight excluding hydrogens is 525 g/mol. The van der Waals surface area contributed by atoms with Crippen LogP contribution in [0.2, 0.25) is 0 Å². The predicted molar refractivity (Wildman–Crippen MR) is 137 cm³/mol. The maximum absolute atomic E-state index is 16.0. The summed E-state index contributed by atoms with van der Waals surface area (Å²) in [6, 6.07) is -1.19. The number of amides is 1. The number of primary amides is 1. The minimum Gasteiger partial charge on any atom is -0.508 e. The van der Waals surface area contributed by atoms with E-state index in [0.717, 1.165) is 12.8 Å². The largest absolute Gasteiger partial charge is 0.508 e. The highest BCUT2D eigenvalue weighted by Crippen LogP contribution is 2.54. The van der Waals surface area contributed by atoms with E-state index in [0.29, 0.717) is 24.3 Å². The number of hydrogen-bond donors (Lipinski definition) is 5. The Morgan fingerprint density at radius 3 is 2.50 bits per heavy atom. The molecule has 0 radical (unpaired) electrons. The van der Waals surface area contributed by atoms with Crippen molar-refractivity contribution in [2.75, 3.05) is 27.2 Å². The highest BCUT2D eigenvalue weighted by molar-refractivity contribution is 6.24. The van der Waals surface area contributed by atoms with E-state index in [1.54, 1.807) is 0 Å². The maximum atomic E-state index is 16.0. The summed E-state index contributed by atoms with van der Waals surface area (Å²) in [7, 11) is 3.05. The fourth-order valence-electron chi connectivity index (χ4n) is 7.48. The van der Waals surface area contributed by atoms with Gasteiger partial charge in [-0.05, 0) is 45.7 Å². The van der Waals surface area contributed by atoms with Crippen molar-refractivity contribution in [3.63, 3.8) is 0 Å². The van der Waals surface area contributed by atoms with Crippen LogP contribution in [-0.2, 0) is 38.6 Å². The number of aliphatic hydroxyl groups excluding tert-OH is 2. The van der Waals surface area contributed by atoms with Crippen molar-refractivity contribution in [1.29, 1.82) is 0 Å². The molecule has 2 heterocycles. The van der Waals surface area contributed by atoms with Crippen molar-refractivity contribution in [3.05, 3.63) is 45.0 Å². The summed E-state index contributed by atoms with van der Waals surface area (Å²) in [4.78, 5) is 42.6. The Hall–Kier alpha value is -3.32. The molecule has 1 amide bonds. The average molecular weight is 558 g/mol. The number of phenolic OH excluding ortho intramolecular Hbond substituents is 1. The molecule has 6 rings (SSSR count). The normalized spacial score (nSPS) is 31.9. The smallest absolute Gasteiger partial charge is 0.255 e. The van der Waals surface area contributed by atoms with E-state index in [4.69, 9.17) is 10.5 Å². The van der Waals surface area contributed by atoms with Crippen LogP contribution in [0.25, 0.3) is 5.76 Å². The zero-order chi connectivity index (χ0) is 28.8. The van der Waals surface area contributed by atoms with Gasteiger partial charge in [-0.1, -0.05) is 0 Å². The minimum absolute atomic E-state index is 0.0209. The number of aromatic hydroxyl groups is 1. The first-order chi connectivity index (χ1) is 18.9. The monoisotopic (exact) mass is 557 g/mol. The molecule has 12 heteroatoms. The number of ketones is 2. The molecule has 2 aliphatic heterocycles. The van der Waals surface area contributed by atoms with Crippen molar-refractivity contribution in [2.45, 2.75) is 56.5 Å². The molecular formula is C28H32FN3O8. The first-order valence-corrected chi connectivity index (χ1v) is 13.4. The Morgan fingerprint density at radius 2 is 1.88 bits per heavy atom. The third-order valence-corrected chi connectivity index (χ3v) is 9.28. The van der Waals surface area contributed by atoms with Crippen molar-refractivity contribution >= 4 is 23.2 Å².